The van der Waals surface area contributed by atoms with Crippen molar-refractivity contribution in [2.45, 2.75) is 52.9 Å². The van der Waals surface area contributed by atoms with Crippen LogP contribution in [0.3, 0.4) is 0 Å². The van der Waals surface area contributed by atoms with E-state index in [1.54, 1.807) is 0 Å². The Hall–Kier alpha value is -0.0400. The predicted octanol–water partition coefficient (Wildman–Crippen LogP) is 3.45. The molecule has 0 aromatic carbocycles. The van der Waals surface area contributed by atoms with Crippen LogP contribution in [0.25, 0.3) is 0 Å². The van der Waals surface area contributed by atoms with Gasteiger partial charge in [-0.3, -0.25) is 0 Å². The Labute approximate surface area is 89.7 Å². The Morgan fingerprint density at radius 3 is 2.43 bits per heavy atom. The van der Waals surface area contributed by atoms with Crippen LogP contribution < -0.4 is 5.32 Å². The summed E-state index contributed by atoms with van der Waals surface area (Å²) in [5.41, 5.74) is 0. The molecule has 1 rings (SSSR count). The molecule has 0 bridgehead atoms. The number of hydrogen-bond acceptors (Lipinski definition) is 1. The van der Waals surface area contributed by atoms with E-state index in [0.717, 1.165) is 24.3 Å². The maximum atomic E-state index is 3.48. The highest BCUT2D eigenvalue weighted by Crippen LogP contribution is 2.37. The van der Waals surface area contributed by atoms with Gasteiger partial charge in [0.15, 0.2) is 0 Å². The normalized spacial score (nSPS) is 26.6. The van der Waals surface area contributed by atoms with Crippen molar-refractivity contribution >= 4 is 0 Å². The first kappa shape index (κ1) is 12.0. The lowest BCUT2D eigenvalue weighted by atomic mass is 9.71. The van der Waals surface area contributed by atoms with E-state index >= 15 is 0 Å². The Balaban J connectivity index is 2.01. The molecule has 1 aliphatic carbocycles. The molecule has 1 saturated carbocycles. The van der Waals surface area contributed by atoms with Crippen molar-refractivity contribution in [1.82, 2.24) is 5.32 Å². The fourth-order valence-corrected chi connectivity index (χ4v) is 2.40. The molecule has 2 atom stereocenters. The second kappa shape index (κ2) is 6.44. The summed E-state index contributed by atoms with van der Waals surface area (Å²) in [5, 5.41) is 3.48. The van der Waals surface area contributed by atoms with Gasteiger partial charge in [-0.1, -0.05) is 40.0 Å². The van der Waals surface area contributed by atoms with Crippen molar-refractivity contribution in [2.24, 2.45) is 17.8 Å². The smallest absolute Gasteiger partial charge is 0.00180 e. The standard InChI is InChI=1S/C13H27N/c1-4-14-10-13-9-8-12(13)7-5-6-11(2)3/h11-14H,4-10H2,1-3H3. The molecule has 1 fully saturated rings. The Kier molecular flexibility index (Phi) is 5.54. The van der Waals surface area contributed by atoms with E-state index in [4.69, 9.17) is 0 Å². The minimum atomic E-state index is 0.891. The molecule has 0 radical (unpaired) electrons. The average molecular weight is 197 g/mol. The Bertz CT molecular complexity index is 142. The summed E-state index contributed by atoms with van der Waals surface area (Å²) in [5.74, 6) is 2.94. The quantitative estimate of drug-likeness (QED) is 0.659. The molecule has 1 heteroatoms. The number of nitrogens with one attached hydrogen (secondary N) is 1. The zero-order chi connectivity index (χ0) is 10.4. The van der Waals surface area contributed by atoms with E-state index in [1.165, 1.54) is 38.6 Å². The molecule has 1 N–H and O–H groups in total. The summed E-state index contributed by atoms with van der Waals surface area (Å²) >= 11 is 0. The first-order valence-electron chi connectivity index (χ1n) is 6.44. The van der Waals surface area contributed by atoms with E-state index in [2.05, 4.69) is 26.1 Å². The van der Waals surface area contributed by atoms with E-state index in [-0.39, 0.29) is 0 Å². The van der Waals surface area contributed by atoms with Crippen molar-refractivity contribution in [3.05, 3.63) is 0 Å². The first-order valence-corrected chi connectivity index (χ1v) is 6.44. The second-order valence-corrected chi connectivity index (χ2v) is 5.23. The van der Waals surface area contributed by atoms with Crippen LogP contribution in [0, 0.1) is 17.8 Å². The second-order valence-electron chi connectivity index (χ2n) is 5.23. The van der Waals surface area contributed by atoms with E-state index in [9.17, 15) is 0 Å². The zero-order valence-corrected chi connectivity index (χ0v) is 10.2. The fourth-order valence-electron chi connectivity index (χ4n) is 2.40. The third-order valence-electron chi connectivity index (χ3n) is 3.59. The summed E-state index contributed by atoms with van der Waals surface area (Å²) in [6, 6.07) is 0. The van der Waals surface area contributed by atoms with Gasteiger partial charge in [0, 0.05) is 0 Å². The molecule has 0 spiro atoms. The van der Waals surface area contributed by atoms with Gasteiger partial charge in [0.1, 0.15) is 0 Å². The first-order chi connectivity index (χ1) is 6.74. The summed E-state index contributed by atoms with van der Waals surface area (Å²) in [6.45, 7) is 9.26. The summed E-state index contributed by atoms with van der Waals surface area (Å²) in [6.07, 6.45) is 7.32. The molecule has 0 aromatic rings. The molecule has 14 heavy (non-hydrogen) atoms. The molecule has 0 aromatic heterocycles. The number of rotatable bonds is 7. The molecule has 0 aliphatic heterocycles. The van der Waals surface area contributed by atoms with Crippen LogP contribution in [0.1, 0.15) is 52.9 Å². The Morgan fingerprint density at radius 1 is 1.21 bits per heavy atom. The third-order valence-corrected chi connectivity index (χ3v) is 3.59. The third kappa shape index (κ3) is 4.00. The van der Waals surface area contributed by atoms with Crippen molar-refractivity contribution in [3.63, 3.8) is 0 Å². The van der Waals surface area contributed by atoms with Gasteiger partial charge in [-0.15, -0.1) is 0 Å². The van der Waals surface area contributed by atoms with Crippen LogP contribution >= 0.6 is 0 Å². The molecule has 0 saturated heterocycles. The van der Waals surface area contributed by atoms with Crippen LogP contribution in [0.2, 0.25) is 0 Å². The molecule has 2 unspecified atom stereocenters. The molecule has 84 valence electrons. The highest BCUT2D eigenvalue weighted by atomic mass is 14.9. The topological polar surface area (TPSA) is 12.0 Å². The molecular weight excluding hydrogens is 170 g/mol. The lowest BCUT2D eigenvalue weighted by molar-refractivity contribution is 0.155. The molecule has 0 heterocycles. The average Bonchev–Trinajstić information content (AvgIpc) is 2.11. The van der Waals surface area contributed by atoms with Gasteiger partial charge in [0.25, 0.3) is 0 Å². The molecule has 0 amide bonds. The van der Waals surface area contributed by atoms with Crippen LogP contribution in [0.4, 0.5) is 0 Å². The van der Waals surface area contributed by atoms with Gasteiger partial charge < -0.3 is 5.32 Å². The summed E-state index contributed by atoms with van der Waals surface area (Å²) in [4.78, 5) is 0. The SMILES string of the molecule is CCNCC1CCC1CCCC(C)C. The predicted molar refractivity (Wildman–Crippen MR) is 63.4 cm³/mol. The lowest BCUT2D eigenvalue weighted by Gasteiger charge is -2.37. The fraction of sp³-hybridized carbons (Fsp3) is 1.00. The largest absolute Gasteiger partial charge is 0.317 e. The highest BCUT2D eigenvalue weighted by molar-refractivity contribution is 4.82. The highest BCUT2D eigenvalue weighted by Gasteiger charge is 2.29. The maximum Gasteiger partial charge on any atom is -0.00180 e. The van der Waals surface area contributed by atoms with Gasteiger partial charge in [-0.25, -0.2) is 0 Å². The molecule has 1 aliphatic rings. The minimum absolute atomic E-state index is 0.891. The van der Waals surface area contributed by atoms with Crippen molar-refractivity contribution in [2.75, 3.05) is 13.1 Å². The Morgan fingerprint density at radius 2 is 1.93 bits per heavy atom. The van der Waals surface area contributed by atoms with Gasteiger partial charge >= 0.3 is 0 Å². The monoisotopic (exact) mass is 197 g/mol. The summed E-state index contributed by atoms with van der Waals surface area (Å²) in [7, 11) is 0. The maximum absolute atomic E-state index is 3.48. The van der Waals surface area contributed by atoms with Gasteiger partial charge in [-0.05, 0) is 43.7 Å². The van der Waals surface area contributed by atoms with Gasteiger partial charge in [0.05, 0.1) is 0 Å². The summed E-state index contributed by atoms with van der Waals surface area (Å²) < 4.78 is 0. The molecular formula is C13H27N. The van der Waals surface area contributed by atoms with Gasteiger partial charge in [0.2, 0.25) is 0 Å². The minimum Gasteiger partial charge on any atom is -0.317 e. The van der Waals surface area contributed by atoms with Crippen molar-refractivity contribution < 1.29 is 0 Å². The van der Waals surface area contributed by atoms with Crippen LogP contribution in [0.15, 0.2) is 0 Å². The van der Waals surface area contributed by atoms with Crippen molar-refractivity contribution in [3.8, 4) is 0 Å². The van der Waals surface area contributed by atoms with Crippen LogP contribution in [-0.2, 0) is 0 Å². The zero-order valence-electron chi connectivity index (χ0n) is 10.2. The van der Waals surface area contributed by atoms with Crippen LogP contribution in [0.5, 0.6) is 0 Å². The van der Waals surface area contributed by atoms with E-state index in [1.807, 2.05) is 0 Å². The van der Waals surface area contributed by atoms with Gasteiger partial charge in [-0.2, -0.15) is 0 Å². The van der Waals surface area contributed by atoms with Crippen LogP contribution in [-0.4, -0.2) is 13.1 Å². The van der Waals surface area contributed by atoms with E-state index < -0.39 is 0 Å². The molecule has 1 nitrogen and oxygen atoms in total. The van der Waals surface area contributed by atoms with Crippen molar-refractivity contribution in [1.29, 1.82) is 0 Å². The lowest BCUT2D eigenvalue weighted by Crippen LogP contribution is -2.35. The van der Waals surface area contributed by atoms with E-state index in [0.29, 0.717) is 0 Å². The number of hydrogen-bond donors (Lipinski definition) is 1.